The Morgan fingerprint density at radius 2 is 1.90 bits per heavy atom. The Balaban J connectivity index is 1.56. The number of nitrogens with zero attached hydrogens (tertiary/aromatic N) is 3. The molecule has 0 radical (unpaired) electrons. The highest BCUT2D eigenvalue weighted by Crippen LogP contribution is 2.29. The van der Waals surface area contributed by atoms with Gasteiger partial charge in [0.2, 0.25) is 5.82 Å². The monoisotopic (exact) mass is 474 g/mol. The van der Waals surface area contributed by atoms with Gasteiger partial charge in [0.1, 0.15) is 30.8 Å². The van der Waals surface area contributed by atoms with Crippen molar-refractivity contribution < 1.29 is 19.4 Å². The second kappa shape index (κ2) is 10.3. The third-order valence-corrected chi connectivity index (χ3v) is 5.00. The van der Waals surface area contributed by atoms with Crippen molar-refractivity contribution in [3.8, 4) is 22.9 Å². The van der Waals surface area contributed by atoms with Gasteiger partial charge in [-0.25, -0.2) is 0 Å². The van der Waals surface area contributed by atoms with Crippen LogP contribution >= 0.6 is 15.9 Å². The second-order valence-corrected chi connectivity index (χ2v) is 7.64. The molecule has 158 valence electrons. The van der Waals surface area contributed by atoms with E-state index in [0.717, 1.165) is 24.0 Å². The fraction of sp³-hybridized carbons (Fsp3) is 0.333. The van der Waals surface area contributed by atoms with Crippen molar-refractivity contribution in [3.05, 3.63) is 52.0 Å². The molecule has 0 aliphatic carbocycles. The van der Waals surface area contributed by atoms with Crippen LogP contribution in [0, 0.1) is 0 Å². The Bertz CT molecular complexity index is 995. The van der Waals surface area contributed by atoms with Gasteiger partial charge in [-0.15, -0.1) is 10.2 Å². The number of nitrogens with one attached hydrogen (secondary N) is 1. The lowest BCUT2D eigenvalue weighted by Gasteiger charge is -2.17. The van der Waals surface area contributed by atoms with Gasteiger partial charge >= 0.3 is 0 Å². The highest BCUT2D eigenvalue weighted by molar-refractivity contribution is 9.10. The summed E-state index contributed by atoms with van der Waals surface area (Å²) >= 11 is 3.45. The van der Waals surface area contributed by atoms with E-state index in [-0.39, 0.29) is 19.0 Å². The minimum absolute atomic E-state index is 0.0169. The normalized spacial score (nSPS) is 11.9. The zero-order valence-electron chi connectivity index (χ0n) is 16.8. The molecule has 0 aliphatic rings. The van der Waals surface area contributed by atoms with Crippen LogP contribution in [0.3, 0.4) is 0 Å². The van der Waals surface area contributed by atoms with E-state index in [9.17, 15) is 9.90 Å². The van der Waals surface area contributed by atoms with Gasteiger partial charge < -0.3 is 14.6 Å². The lowest BCUT2D eigenvalue weighted by molar-refractivity contribution is 0.0620. The minimum Gasteiger partial charge on any atom is -0.490 e. The number of aliphatic hydroxyl groups excluding tert-OH is 1. The molecule has 3 rings (SSSR count). The number of carbonyl (C=O) groups excluding carboxylic acids is 1. The number of tetrazole rings is 1. The van der Waals surface area contributed by atoms with Crippen LogP contribution in [0.5, 0.6) is 11.5 Å². The highest BCUT2D eigenvalue weighted by Gasteiger charge is 2.13. The first-order valence-corrected chi connectivity index (χ1v) is 10.4. The fourth-order valence-electron chi connectivity index (χ4n) is 2.87. The van der Waals surface area contributed by atoms with Gasteiger partial charge in [0.15, 0.2) is 5.78 Å². The number of hydrogen-bond donors (Lipinski definition) is 2. The standard InChI is InChI=1S/C21H23BrN4O4/c1-3-4-15-9-14(13(2)27)5-7-19(15)29-11-17(28)12-30-20-8-6-16(10-18(20)22)21-23-25-26-24-21/h5-10,17,28H,3-4,11-12H2,1-2H3,(H,23,24,25,26). The minimum atomic E-state index is -0.823. The summed E-state index contributed by atoms with van der Waals surface area (Å²) in [6.07, 6.45) is 0.899. The van der Waals surface area contributed by atoms with Crippen molar-refractivity contribution in [1.82, 2.24) is 20.6 Å². The summed E-state index contributed by atoms with van der Waals surface area (Å²) in [7, 11) is 0. The summed E-state index contributed by atoms with van der Waals surface area (Å²) in [5.74, 6) is 1.75. The van der Waals surface area contributed by atoms with Crippen LogP contribution in [0.25, 0.3) is 11.4 Å². The number of ether oxygens (including phenoxy) is 2. The van der Waals surface area contributed by atoms with Crippen LogP contribution in [-0.2, 0) is 6.42 Å². The number of aromatic amines is 1. The van der Waals surface area contributed by atoms with E-state index < -0.39 is 6.10 Å². The summed E-state index contributed by atoms with van der Waals surface area (Å²) in [4.78, 5) is 11.6. The Morgan fingerprint density at radius 1 is 1.17 bits per heavy atom. The molecule has 0 aliphatic heterocycles. The van der Waals surface area contributed by atoms with Crippen molar-refractivity contribution in [2.45, 2.75) is 32.8 Å². The molecule has 1 heterocycles. The van der Waals surface area contributed by atoms with Crippen LogP contribution in [0.15, 0.2) is 40.9 Å². The molecular formula is C21H23BrN4O4. The van der Waals surface area contributed by atoms with Crippen LogP contribution in [0.1, 0.15) is 36.2 Å². The molecule has 0 bridgehead atoms. The van der Waals surface area contributed by atoms with Crippen molar-refractivity contribution in [3.63, 3.8) is 0 Å². The SMILES string of the molecule is CCCc1cc(C(C)=O)ccc1OCC(O)COc1ccc(-c2nn[nH]n2)cc1Br. The largest absolute Gasteiger partial charge is 0.490 e. The lowest BCUT2D eigenvalue weighted by atomic mass is 10.0. The van der Waals surface area contributed by atoms with Gasteiger partial charge in [-0.05, 0) is 76.4 Å². The molecule has 0 saturated heterocycles. The number of aromatic nitrogens is 4. The smallest absolute Gasteiger partial charge is 0.204 e. The van der Waals surface area contributed by atoms with Crippen LogP contribution in [0.2, 0.25) is 0 Å². The maximum Gasteiger partial charge on any atom is 0.204 e. The summed E-state index contributed by atoms with van der Waals surface area (Å²) in [5, 5.41) is 24.1. The van der Waals surface area contributed by atoms with Gasteiger partial charge in [-0.1, -0.05) is 13.3 Å². The van der Waals surface area contributed by atoms with Gasteiger partial charge in [0.05, 0.1) is 4.47 Å². The maximum atomic E-state index is 11.6. The topological polar surface area (TPSA) is 110 Å². The summed E-state index contributed by atoms with van der Waals surface area (Å²) in [6, 6.07) is 10.8. The average molecular weight is 475 g/mol. The molecule has 1 atom stereocenters. The maximum absolute atomic E-state index is 11.6. The van der Waals surface area contributed by atoms with Crippen LogP contribution in [-0.4, -0.2) is 50.8 Å². The second-order valence-electron chi connectivity index (χ2n) is 6.79. The summed E-state index contributed by atoms with van der Waals surface area (Å²) in [6.45, 7) is 3.75. The summed E-state index contributed by atoms with van der Waals surface area (Å²) in [5.41, 5.74) is 2.39. The van der Waals surface area contributed by atoms with E-state index in [4.69, 9.17) is 9.47 Å². The first-order valence-electron chi connectivity index (χ1n) is 9.58. The Hall–Kier alpha value is -2.78. The fourth-order valence-corrected chi connectivity index (χ4v) is 3.36. The first kappa shape index (κ1) is 21.9. The Labute approximate surface area is 182 Å². The number of hydrogen-bond acceptors (Lipinski definition) is 7. The molecule has 8 nitrogen and oxygen atoms in total. The van der Waals surface area contributed by atoms with E-state index >= 15 is 0 Å². The van der Waals surface area contributed by atoms with E-state index in [2.05, 4.69) is 43.5 Å². The summed E-state index contributed by atoms with van der Waals surface area (Å²) < 4.78 is 12.2. The molecule has 1 unspecified atom stereocenters. The Morgan fingerprint density at radius 3 is 2.53 bits per heavy atom. The van der Waals surface area contributed by atoms with Crippen LogP contribution < -0.4 is 9.47 Å². The van der Waals surface area contributed by atoms with E-state index in [1.165, 1.54) is 0 Å². The molecule has 0 fully saturated rings. The predicted octanol–water partition coefficient (Wildman–Crippen LogP) is 3.60. The third kappa shape index (κ3) is 5.64. The molecule has 1 aromatic heterocycles. The number of halogens is 1. The molecule has 9 heteroatoms. The molecule has 2 N–H and O–H groups in total. The van der Waals surface area contributed by atoms with Crippen molar-refractivity contribution >= 4 is 21.7 Å². The number of aliphatic hydroxyl groups is 1. The van der Waals surface area contributed by atoms with Crippen molar-refractivity contribution in [2.24, 2.45) is 0 Å². The van der Waals surface area contributed by atoms with E-state index in [1.54, 1.807) is 31.2 Å². The van der Waals surface area contributed by atoms with E-state index in [0.29, 0.717) is 27.4 Å². The molecule has 0 spiro atoms. The van der Waals surface area contributed by atoms with Crippen LogP contribution in [0.4, 0.5) is 0 Å². The molecule has 0 amide bonds. The van der Waals surface area contributed by atoms with Gasteiger partial charge in [-0.2, -0.15) is 5.21 Å². The van der Waals surface area contributed by atoms with Gasteiger partial charge in [0, 0.05) is 11.1 Å². The number of rotatable bonds is 10. The zero-order valence-corrected chi connectivity index (χ0v) is 18.3. The van der Waals surface area contributed by atoms with Crippen molar-refractivity contribution in [1.29, 1.82) is 0 Å². The molecule has 30 heavy (non-hydrogen) atoms. The quantitative estimate of drug-likeness (QED) is 0.431. The third-order valence-electron chi connectivity index (χ3n) is 4.38. The number of ketones is 1. The highest BCUT2D eigenvalue weighted by atomic mass is 79.9. The Kier molecular flexibility index (Phi) is 7.53. The number of carbonyl (C=O) groups is 1. The zero-order chi connectivity index (χ0) is 21.5. The molecule has 3 aromatic rings. The number of benzene rings is 2. The molecule has 2 aromatic carbocycles. The van der Waals surface area contributed by atoms with Gasteiger partial charge in [-0.3, -0.25) is 4.79 Å². The molecular weight excluding hydrogens is 452 g/mol. The van der Waals surface area contributed by atoms with Crippen molar-refractivity contribution in [2.75, 3.05) is 13.2 Å². The average Bonchev–Trinajstić information content (AvgIpc) is 3.27. The predicted molar refractivity (Wildman–Crippen MR) is 115 cm³/mol. The number of H-pyrrole nitrogens is 1. The first-order chi connectivity index (χ1) is 14.5. The van der Waals surface area contributed by atoms with Gasteiger partial charge in [0.25, 0.3) is 0 Å². The number of Topliss-reactive ketones (excluding diaryl/α,β-unsaturated/α-hetero) is 1. The lowest BCUT2D eigenvalue weighted by Crippen LogP contribution is -2.25. The van der Waals surface area contributed by atoms with E-state index in [1.807, 2.05) is 12.1 Å². The molecule has 0 saturated carbocycles. The number of aryl methyl sites for hydroxylation is 1.